The van der Waals surface area contributed by atoms with Crippen molar-refractivity contribution in [2.75, 3.05) is 23.7 Å². The third-order valence-electron chi connectivity index (χ3n) is 5.31. The van der Waals surface area contributed by atoms with E-state index >= 15 is 0 Å². The molecule has 0 saturated carbocycles. The highest BCUT2D eigenvalue weighted by atomic mass is 35.5. The summed E-state index contributed by atoms with van der Waals surface area (Å²) in [7, 11) is -3.77. The van der Waals surface area contributed by atoms with Crippen molar-refractivity contribution in [2.45, 2.75) is 45.7 Å². The van der Waals surface area contributed by atoms with E-state index in [0.717, 1.165) is 10.6 Å². The van der Waals surface area contributed by atoms with Crippen LogP contribution in [0.2, 0.25) is 5.02 Å². The summed E-state index contributed by atoms with van der Waals surface area (Å²) in [5.74, 6) is -1.25. The van der Waals surface area contributed by atoms with E-state index in [4.69, 9.17) is 11.6 Å². The third kappa shape index (κ3) is 7.43. The third-order valence-corrected chi connectivity index (χ3v) is 6.86. The zero-order valence-electron chi connectivity index (χ0n) is 19.6. The number of halogens is 2. The molecule has 0 unspecified atom stereocenters. The van der Waals surface area contributed by atoms with E-state index in [9.17, 15) is 22.4 Å². The Morgan fingerprint density at radius 3 is 2.32 bits per heavy atom. The summed E-state index contributed by atoms with van der Waals surface area (Å²) < 4.78 is 39.8. The van der Waals surface area contributed by atoms with Crippen molar-refractivity contribution in [2.24, 2.45) is 0 Å². The summed E-state index contributed by atoms with van der Waals surface area (Å²) in [6.45, 7) is 4.10. The molecule has 1 N–H and O–H groups in total. The maximum Gasteiger partial charge on any atom is 0.242 e. The van der Waals surface area contributed by atoms with Crippen LogP contribution >= 0.6 is 11.6 Å². The highest BCUT2D eigenvalue weighted by Gasteiger charge is 2.29. The van der Waals surface area contributed by atoms with Crippen LogP contribution in [0.4, 0.5) is 10.1 Å². The van der Waals surface area contributed by atoms with E-state index in [1.165, 1.54) is 23.1 Å². The summed E-state index contributed by atoms with van der Waals surface area (Å²) >= 11 is 6.29. The van der Waals surface area contributed by atoms with Gasteiger partial charge in [0.05, 0.1) is 11.9 Å². The number of hydrogen-bond donors (Lipinski definition) is 1. The summed E-state index contributed by atoms with van der Waals surface area (Å²) in [5.41, 5.74) is 0.628. The fourth-order valence-electron chi connectivity index (χ4n) is 3.66. The quantitative estimate of drug-likeness (QED) is 0.467. The molecular weight excluding hydrogens is 481 g/mol. The number of nitrogens with one attached hydrogen (secondary N) is 1. The first kappa shape index (κ1) is 27.6. The molecule has 2 rings (SSSR count). The second-order valence-electron chi connectivity index (χ2n) is 7.82. The normalized spacial score (nSPS) is 12.1. The van der Waals surface area contributed by atoms with Crippen LogP contribution in [0.1, 0.15) is 38.7 Å². The Bertz CT molecular complexity index is 1100. The van der Waals surface area contributed by atoms with Gasteiger partial charge in [-0.25, -0.2) is 12.8 Å². The zero-order valence-corrected chi connectivity index (χ0v) is 21.2. The monoisotopic (exact) mass is 511 g/mol. The molecule has 0 spiro atoms. The zero-order chi connectivity index (χ0) is 25.3. The number of anilines is 1. The molecule has 0 heterocycles. The van der Waals surface area contributed by atoms with Gasteiger partial charge in [-0.15, -0.1) is 0 Å². The van der Waals surface area contributed by atoms with Crippen LogP contribution in [0, 0.1) is 5.82 Å². The van der Waals surface area contributed by atoms with Gasteiger partial charge >= 0.3 is 0 Å². The number of benzene rings is 2. The van der Waals surface area contributed by atoms with E-state index in [1.807, 2.05) is 6.92 Å². The fourth-order valence-corrected chi connectivity index (χ4v) is 4.82. The molecule has 0 saturated heterocycles. The predicted octanol–water partition coefficient (Wildman–Crippen LogP) is 3.97. The number of nitrogens with zero attached hydrogens (tertiary/aromatic N) is 2. The molecule has 2 aromatic rings. The molecule has 0 bridgehead atoms. The van der Waals surface area contributed by atoms with Crippen LogP contribution in [0.3, 0.4) is 0 Å². The van der Waals surface area contributed by atoms with Gasteiger partial charge in [-0.3, -0.25) is 13.9 Å². The Morgan fingerprint density at radius 1 is 1.09 bits per heavy atom. The lowest BCUT2D eigenvalue weighted by Crippen LogP contribution is -2.49. The van der Waals surface area contributed by atoms with Gasteiger partial charge in [0.25, 0.3) is 0 Å². The predicted molar refractivity (Wildman–Crippen MR) is 133 cm³/mol. The van der Waals surface area contributed by atoms with Gasteiger partial charge in [0, 0.05) is 31.1 Å². The molecular formula is C24H31ClFN3O4S. The first-order chi connectivity index (χ1) is 16.1. The van der Waals surface area contributed by atoms with Crippen molar-refractivity contribution >= 4 is 39.1 Å². The molecule has 0 fully saturated rings. The van der Waals surface area contributed by atoms with E-state index in [0.29, 0.717) is 23.6 Å². The molecule has 0 aliphatic rings. The van der Waals surface area contributed by atoms with E-state index in [-0.39, 0.29) is 43.4 Å². The molecule has 2 amide bonds. The van der Waals surface area contributed by atoms with Gasteiger partial charge in [0.2, 0.25) is 21.8 Å². The number of para-hydroxylation sites is 1. The van der Waals surface area contributed by atoms with Crippen molar-refractivity contribution in [3.05, 3.63) is 64.9 Å². The first-order valence-corrected chi connectivity index (χ1v) is 13.4. The lowest BCUT2D eigenvalue weighted by molar-refractivity contribution is -0.141. The van der Waals surface area contributed by atoms with Gasteiger partial charge in [-0.05, 0) is 43.5 Å². The number of hydrogen-bond acceptors (Lipinski definition) is 4. The summed E-state index contributed by atoms with van der Waals surface area (Å²) in [5, 5.41) is 3.24. The molecule has 186 valence electrons. The van der Waals surface area contributed by atoms with Crippen LogP contribution in [-0.4, -0.2) is 50.5 Å². The van der Waals surface area contributed by atoms with Crippen LogP contribution in [0.5, 0.6) is 0 Å². The van der Waals surface area contributed by atoms with E-state index in [2.05, 4.69) is 5.32 Å². The Labute approximate surface area is 205 Å². The topological polar surface area (TPSA) is 86.8 Å². The van der Waals surface area contributed by atoms with Crippen molar-refractivity contribution < 1.29 is 22.4 Å². The molecule has 34 heavy (non-hydrogen) atoms. The molecule has 2 aromatic carbocycles. The fraction of sp³-hybridized carbons (Fsp3) is 0.417. The standard InChI is InChI=1S/C24H31ClFN3O4S/c1-4-21(24(31)27-5-2)28(17-18-11-6-7-12-19(18)25)23(30)15-10-16-29(34(3,32)33)22-14-9-8-13-20(22)26/h6-9,11-14,21H,4-5,10,15-17H2,1-3H3,(H,27,31)/t21-/m1/s1. The van der Waals surface area contributed by atoms with Gasteiger partial charge in [0.15, 0.2) is 0 Å². The van der Waals surface area contributed by atoms with Gasteiger partial charge in [-0.1, -0.05) is 48.9 Å². The van der Waals surface area contributed by atoms with Crippen molar-refractivity contribution in [3.8, 4) is 0 Å². The largest absolute Gasteiger partial charge is 0.355 e. The SMILES string of the molecule is CCNC(=O)[C@@H](CC)N(Cc1ccccc1Cl)C(=O)CCCN(c1ccccc1F)S(C)(=O)=O. The second kappa shape index (κ2) is 12.7. The Hall–Kier alpha value is -2.65. The Balaban J connectivity index is 2.22. The molecule has 10 heteroatoms. The lowest BCUT2D eigenvalue weighted by Gasteiger charge is -2.31. The molecule has 0 aliphatic heterocycles. The van der Waals surface area contributed by atoms with Crippen LogP contribution in [-0.2, 0) is 26.2 Å². The van der Waals surface area contributed by atoms with Gasteiger partial charge in [-0.2, -0.15) is 0 Å². The van der Waals surface area contributed by atoms with E-state index < -0.39 is 21.9 Å². The number of rotatable bonds is 12. The molecule has 0 aliphatic carbocycles. The number of carbonyl (C=O) groups is 2. The molecule has 0 aromatic heterocycles. The minimum Gasteiger partial charge on any atom is -0.355 e. The number of carbonyl (C=O) groups excluding carboxylic acids is 2. The smallest absolute Gasteiger partial charge is 0.242 e. The first-order valence-electron chi connectivity index (χ1n) is 11.1. The Kier molecular flexibility index (Phi) is 10.3. The van der Waals surface area contributed by atoms with Crippen LogP contribution < -0.4 is 9.62 Å². The van der Waals surface area contributed by atoms with Gasteiger partial charge < -0.3 is 10.2 Å². The Morgan fingerprint density at radius 2 is 1.74 bits per heavy atom. The van der Waals surface area contributed by atoms with Crippen molar-refractivity contribution in [1.82, 2.24) is 10.2 Å². The molecule has 0 radical (unpaired) electrons. The second-order valence-corrected chi connectivity index (χ2v) is 10.1. The number of sulfonamides is 1. The summed E-state index contributed by atoms with van der Waals surface area (Å²) in [6, 6.07) is 12.0. The average Bonchev–Trinajstić information content (AvgIpc) is 2.78. The van der Waals surface area contributed by atoms with Crippen molar-refractivity contribution in [1.29, 1.82) is 0 Å². The maximum absolute atomic E-state index is 14.2. The lowest BCUT2D eigenvalue weighted by atomic mass is 10.1. The molecule has 7 nitrogen and oxygen atoms in total. The summed E-state index contributed by atoms with van der Waals surface area (Å²) in [6.07, 6.45) is 1.51. The minimum absolute atomic E-state index is 0.0270. The van der Waals surface area contributed by atoms with Crippen LogP contribution in [0.25, 0.3) is 0 Å². The number of likely N-dealkylation sites (N-methyl/N-ethyl adjacent to an activating group) is 1. The highest BCUT2D eigenvalue weighted by Crippen LogP contribution is 2.23. The average molecular weight is 512 g/mol. The highest BCUT2D eigenvalue weighted by molar-refractivity contribution is 7.92. The van der Waals surface area contributed by atoms with Gasteiger partial charge in [0.1, 0.15) is 11.9 Å². The maximum atomic E-state index is 14.2. The number of amides is 2. The minimum atomic E-state index is -3.77. The van der Waals surface area contributed by atoms with Crippen molar-refractivity contribution in [3.63, 3.8) is 0 Å². The molecule has 1 atom stereocenters. The van der Waals surface area contributed by atoms with Crippen LogP contribution in [0.15, 0.2) is 48.5 Å². The van der Waals surface area contributed by atoms with E-state index in [1.54, 1.807) is 37.3 Å². The summed E-state index contributed by atoms with van der Waals surface area (Å²) in [4.78, 5) is 27.4.